The molecule has 0 aromatic heterocycles. The van der Waals surface area contributed by atoms with Crippen LogP contribution in [0, 0.1) is 5.82 Å². The number of nitrogens with one attached hydrogen (secondary N) is 2. The first kappa shape index (κ1) is 23.0. The molecule has 0 radical (unpaired) electrons. The Labute approximate surface area is 191 Å². The number of urea groups is 1. The zero-order valence-corrected chi connectivity index (χ0v) is 17.7. The van der Waals surface area contributed by atoms with E-state index in [9.17, 15) is 27.2 Å². The van der Waals surface area contributed by atoms with Crippen molar-refractivity contribution in [3.05, 3.63) is 95.3 Å². The third kappa shape index (κ3) is 4.61. The van der Waals surface area contributed by atoms with Crippen molar-refractivity contribution in [2.75, 3.05) is 17.3 Å². The fourth-order valence-electron chi connectivity index (χ4n) is 3.55. The summed E-state index contributed by atoms with van der Waals surface area (Å²) < 4.78 is 52.5. The van der Waals surface area contributed by atoms with Gasteiger partial charge < -0.3 is 15.5 Å². The van der Waals surface area contributed by atoms with Crippen molar-refractivity contribution in [1.82, 2.24) is 5.32 Å². The molecule has 0 aliphatic carbocycles. The van der Waals surface area contributed by atoms with Crippen LogP contribution in [0.5, 0.6) is 0 Å². The number of para-hydroxylation sites is 1. The number of nitrogens with zero attached hydrogens (tertiary/aromatic N) is 2. The van der Waals surface area contributed by atoms with Gasteiger partial charge in [-0.3, -0.25) is 4.79 Å². The Hall–Kier alpha value is -4.21. The number of carbonyl (C=O) groups excluding carboxylic acids is 2. The number of amides is 3. The molecule has 1 aliphatic heterocycles. The molecule has 4 rings (SSSR count). The number of hydrogen-bond donors (Lipinski definition) is 2. The SMILES string of the molecule is CN1C(=O)[C@H](NC(=O)Nc2ccc(F)c(C(F)(F)F)c2)N=C(c2ccccc2)c2ccccc21. The van der Waals surface area contributed by atoms with Gasteiger partial charge in [0.25, 0.3) is 5.91 Å². The molecule has 3 aromatic rings. The van der Waals surface area contributed by atoms with Crippen molar-refractivity contribution in [3.8, 4) is 0 Å². The highest BCUT2D eigenvalue weighted by molar-refractivity contribution is 6.20. The number of rotatable bonds is 3. The first-order chi connectivity index (χ1) is 16.1. The minimum Gasteiger partial charge on any atom is -0.311 e. The van der Waals surface area contributed by atoms with E-state index in [1.807, 2.05) is 6.07 Å². The van der Waals surface area contributed by atoms with Crippen molar-refractivity contribution in [3.63, 3.8) is 0 Å². The number of fused-ring (bicyclic) bond motifs is 1. The average molecular weight is 470 g/mol. The predicted molar refractivity (Wildman–Crippen MR) is 119 cm³/mol. The maximum atomic E-state index is 13.5. The number of aliphatic imine (C=N–C) groups is 1. The van der Waals surface area contributed by atoms with E-state index in [2.05, 4.69) is 15.6 Å². The van der Waals surface area contributed by atoms with Crippen LogP contribution in [0.15, 0.2) is 77.8 Å². The Bertz CT molecular complexity index is 1280. The average Bonchev–Trinajstić information content (AvgIpc) is 2.91. The first-order valence-corrected chi connectivity index (χ1v) is 10.1. The molecule has 0 fully saturated rings. The second-order valence-electron chi connectivity index (χ2n) is 7.45. The fraction of sp³-hybridized carbons (Fsp3) is 0.125. The molecule has 174 valence electrons. The van der Waals surface area contributed by atoms with E-state index in [1.165, 1.54) is 11.9 Å². The molecule has 6 nitrogen and oxygen atoms in total. The Kier molecular flexibility index (Phi) is 6.06. The summed E-state index contributed by atoms with van der Waals surface area (Å²) in [5, 5.41) is 4.59. The molecule has 34 heavy (non-hydrogen) atoms. The highest BCUT2D eigenvalue weighted by atomic mass is 19.4. The molecule has 3 aromatic carbocycles. The van der Waals surface area contributed by atoms with Crippen LogP contribution >= 0.6 is 0 Å². The van der Waals surface area contributed by atoms with Gasteiger partial charge in [0.05, 0.1) is 17.0 Å². The number of carbonyl (C=O) groups is 2. The topological polar surface area (TPSA) is 73.8 Å². The van der Waals surface area contributed by atoms with Crippen LogP contribution in [0.25, 0.3) is 0 Å². The third-order valence-corrected chi connectivity index (χ3v) is 5.19. The van der Waals surface area contributed by atoms with Crippen LogP contribution in [0.4, 0.5) is 33.7 Å². The standard InChI is InChI=1S/C24H18F4N4O2/c1-32-19-10-6-5-9-16(19)20(14-7-3-2-4-8-14)30-21(22(32)33)31-23(34)29-15-11-12-18(25)17(13-15)24(26,27)28/h2-13,21H,1H3,(H2,29,31,34)/t21-/m0/s1. The summed E-state index contributed by atoms with van der Waals surface area (Å²) >= 11 is 0. The number of anilines is 2. The van der Waals surface area contributed by atoms with Crippen LogP contribution in [-0.4, -0.2) is 30.9 Å². The van der Waals surface area contributed by atoms with E-state index in [-0.39, 0.29) is 5.69 Å². The smallest absolute Gasteiger partial charge is 0.311 e. The molecular formula is C24H18F4N4O2. The molecule has 0 spiro atoms. The summed E-state index contributed by atoms with van der Waals surface area (Å²) in [5.41, 5.74) is 0.598. The molecule has 0 saturated heterocycles. The summed E-state index contributed by atoms with van der Waals surface area (Å²) in [6, 6.07) is 17.2. The zero-order valence-electron chi connectivity index (χ0n) is 17.7. The summed E-state index contributed by atoms with van der Waals surface area (Å²) in [6.45, 7) is 0. The van der Waals surface area contributed by atoms with Crippen molar-refractivity contribution in [2.45, 2.75) is 12.3 Å². The Morgan fingerprint density at radius 1 is 1.00 bits per heavy atom. The molecule has 2 N–H and O–H groups in total. The molecule has 0 unspecified atom stereocenters. The Morgan fingerprint density at radius 2 is 1.68 bits per heavy atom. The van der Waals surface area contributed by atoms with Gasteiger partial charge in [-0.15, -0.1) is 0 Å². The van der Waals surface area contributed by atoms with Crippen LogP contribution in [-0.2, 0) is 11.0 Å². The third-order valence-electron chi connectivity index (χ3n) is 5.19. The minimum absolute atomic E-state index is 0.295. The summed E-state index contributed by atoms with van der Waals surface area (Å²) in [6.07, 6.45) is -6.30. The van der Waals surface area contributed by atoms with Crippen molar-refractivity contribution in [1.29, 1.82) is 0 Å². The summed E-state index contributed by atoms with van der Waals surface area (Å²) in [5.74, 6) is -2.02. The molecular weight excluding hydrogens is 452 g/mol. The van der Waals surface area contributed by atoms with E-state index >= 15 is 0 Å². The number of halogens is 4. The monoisotopic (exact) mass is 470 g/mol. The van der Waals surface area contributed by atoms with Crippen LogP contribution in [0.3, 0.4) is 0 Å². The molecule has 1 heterocycles. The normalized spacial score (nSPS) is 15.8. The maximum absolute atomic E-state index is 13.5. The van der Waals surface area contributed by atoms with Crippen LogP contribution in [0.1, 0.15) is 16.7 Å². The van der Waals surface area contributed by atoms with Gasteiger partial charge in [0.15, 0.2) is 0 Å². The molecule has 0 saturated carbocycles. The summed E-state index contributed by atoms with van der Waals surface area (Å²) in [4.78, 5) is 31.5. The number of hydrogen-bond acceptors (Lipinski definition) is 3. The number of benzene rings is 3. The van der Waals surface area contributed by atoms with E-state index in [0.29, 0.717) is 34.7 Å². The van der Waals surface area contributed by atoms with Gasteiger partial charge in [-0.1, -0.05) is 48.5 Å². The maximum Gasteiger partial charge on any atom is 0.419 e. The Balaban J connectivity index is 1.65. The van der Waals surface area contributed by atoms with Crippen molar-refractivity contribution >= 4 is 29.0 Å². The second kappa shape index (κ2) is 8.97. The zero-order chi connectivity index (χ0) is 24.5. The molecule has 1 atom stereocenters. The lowest BCUT2D eigenvalue weighted by molar-refractivity contribution is -0.139. The predicted octanol–water partition coefficient (Wildman–Crippen LogP) is 4.81. The van der Waals surface area contributed by atoms with Gasteiger partial charge in [0.1, 0.15) is 5.82 Å². The van der Waals surface area contributed by atoms with Crippen LogP contribution in [0.2, 0.25) is 0 Å². The number of alkyl halides is 3. The van der Waals surface area contributed by atoms with Gasteiger partial charge in [0, 0.05) is 23.9 Å². The van der Waals surface area contributed by atoms with Gasteiger partial charge in [-0.05, 0) is 24.3 Å². The van der Waals surface area contributed by atoms with Gasteiger partial charge in [0.2, 0.25) is 6.17 Å². The quantitative estimate of drug-likeness (QED) is 0.540. The molecule has 3 amide bonds. The van der Waals surface area contributed by atoms with Gasteiger partial charge in [-0.25, -0.2) is 14.2 Å². The molecule has 10 heteroatoms. The Morgan fingerprint density at radius 3 is 2.38 bits per heavy atom. The fourth-order valence-corrected chi connectivity index (χ4v) is 3.55. The highest BCUT2D eigenvalue weighted by Gasteiger charge is 2.35. The first-order valence-electron chi connectivity index (χ1n) is 10.1. The lowest BCUT2D eigenvalue weighted by Crippen LogP contribution is -2.47. The van der Waals surface area contributed by atoms with E-state index in [4.69, 9.17) is 0 Å². The molecule has 0 bridgehead atoms. The highest BCUT2D eigenvalue weighted by Crippen LogP contribution is 2.33. The minimum atomic E-state index is -4.93. The number of likely N-dealkylation sites (N-methyl/N-ethyl adjacent to an activating group) is 1. The lowest BCUT2D eigenvalue weighted by atomic mass is 10.0. The molecule has 1 aliphatic rings. The largest absolute Gasteiger partial charge is 0.419 e. The van der Waals surface area contributed by atoms with Gasteiger partial charge >= 0.3 is 12.2 Å². The van der Waals surface area contributed by atoms with Crippen molar-refractivity contribution in [2.24, 2.45) is 4.99 Å². The lowest BCUT2D eigenvalue weighted by Gasteiger charge is -2.21. The van der Waals surface area contributed by atoms with E-state index in [0.717, 1.165) is 6.07 Å². The van der Waals surface area contributed by atoms with Gasteiger partial charge in [-0.2, -0.15) is 13.2 Å². The van der Waals surface area contributed by atoms with E-state index < -0.39 is 35.7 Å². The second-order valence-corrected chi connectivity index (χ2v) is 7.45. The van der Waals surface area contributed by atoms with Crippen LogP contribution < -0.4 is 15.5 Å². The van der Waals surface area contributed by atoms with E-state index in [1.54, 1.807) is 48.5 Å². The van der Waals surface area contributed by atoms with Crippen molar-refractivity contribution < 1.29 is 27.2 Å². The number of benzodiazepines with no additional fused rings is 1. The summed E-state index contributed by atoms with van der Waals surface area (Å²) in [7, 11) is 1.53.